The van der Waals surface area contributed by atoms with Crippen molar-refractivity contribution in [1.29, 1.82) is 0 Å². The molecule has 1 aromatic rings. The van der Waals surface area contributed by atoms with Gasteiger partial charge in [-0.25, -0.2) is 4.98 Å². The molecule has 0 spiro atoms. The lowest BCUT2D eigenvalue weighted by atomic mass is 10.2. The SMILES string of the molecule is FC(F)(F)c1cccc(NC2CCOC2)n1. The fourth-order valence-corrected chi connectivity index (χ4v) is 1.53. The van der Waals surface area contributed by atoms with Crippen molar-refractivity contribution in [3.63, 3.8) is 0 Å². The van der Waals surface area contributed by atoms with Gasteiger partial charge in [0.15, 0.2) is 0 Å². The average Bonchev–Trinajstić information content (AvgIpc) is 2.70. The Morgan fingerprint density at radius 3 is 2.81 bits per heavy atom. The first-order valence-electron chi connectivity index (χ1n) is 4.94. The minimum Gasteiger partial charge on any atom is -0.379 e. The van der Waals surface area contributed by atoms with Gasteiger partial charge in [-0.15, -0.1) is 0 Å². The van der Waals surface area contributed by atoms with Gasteiger partial charge in [-0.2, -0.15) is 13.2 Å². The van der Waals surface area contributed by atoms with E-state index in [2.05, 4.69) is 10.3 Å². The van der Waals surface area contributed by atoms with E-state index in [0.29, 0.717) is 13.2 Å². The Kier molecular flexibility index (Phi) is 3.00. The van der Waals surface area contributed by atoms with E-state index in [1.54, 1.807) is 0 Å². The van der Waals surface area contributed by atoms with Gasteiger partial charge < -0.3 is 10.1 Å². The number of hydrogen-bond acceptors (Lipinski definition) is 3. The van der Waals surface area contributed by atoms with E-state index in [0.717, 1.165) is 12.5 Å². The minimum absolute atomic E-state index is 0.0518. The summed E-state index contributed by atoms with van der Waals surface area (Å²) in [4.78, 5) is 3.52. The number of pyridine rings is 1. The molecule has 1 saturated heterocycles. The number of aromatic nitrogens is 1. The van der Waals surface area contributed by atoms with E-state index in [4.69, 9.17) is 4.74 Å². The van der Waals surface area contributed by atoms with Gasteiger partial charge in [0.25, 0.3) is 0 Å². The van der Waals surface area contributed by atoms with E-state index in [1.807, 2.05) is 0 Å². The van der Waals surface area contributed by atoms with Gasteiger partial charge in [0, 0.05) is 6.61 Å². The van der Waals surface area contributed by atoms with Crippen LogP contribution in [0.25, 0.3) is 0 Å². The van der Waals surface area contributed by atoms with Crippen LogP contribution in [0.4, 0.5) is 19.0 Å². The topological polar surface area (TPSA) is 34.1 Å². The number of rotatable bonds is 2. The number of nitrogens with zero attached hydrogens (tertiary/aromatic N) is 1. The van der Waals surface area contributed by atoms with Crippen molar-refractivity contribution in [3.8, 4) is 0 Å². The normalized spacial score (nSPS) is 21.1. The molecule has 0 saturated carbocycles. The molecule has 0 amide bonds. The van der Waals surface area contributed by atoms with Crippen LogP contribution in [-0.4, -0.2) is 24.2 Å². The molecular formula is C10H11F3N2O. The highest BCUT2D eigenvalue weighted by molar-refractivity contribution is 5.37. The van der Waals surface area contributed by atoms with Crippen LogP contribution in [0.2, 0.25) is 0 Å². The van der Waals surface area contributed by atoms with E-state index in [9.17, 15) is 13.2 Å². The summed E-state index contributed by atoms with van der Waals surface area (Å²) >= 11 is 0. The zero-order valence-electron chi connectivity index (χ0n) is 8.42. The molecule has 0 aromatic carbocycles. The van der Waals surface area contributed by atoms with Crippen LogP contribution < -0.4 is 5.32 Å². The lowest BCUT2D eigenvalue weighted by Gasteiger charge is -2.13. The summed E-state index contributed by atoms with van der Waals surface area (Å²) in [6.07, 6.45) is -3.61. The summed E-state index contributed by atoms with van der Waals surface area (Å²) in [7, 11) is 0. The quantitative estimate of drug-likeness (QED) is 0.849. The van der Waals surface area contributed by atoms with Crippen LogP contribution >= 0.6 is 0 Å². The van der Waals surface area contributed by atoms with Crippen LogP contribution in [0, 0.1) is 0 Å². The molecule has 1 atom stereocenters. The minimum atomic E-state index is -4.40. The summed E-state index contributed by atoms with van der Waals surface area (Å²) in [5.74, 6) is 0.241. The molecule has 2 heterocycles. The van der Waals surface area contributed by atoms with E-state index >= 15 is 0 Å². The second-order valence-corrected chi connectivity index (χ2v) is 3.61. The van der Waals surface area contributed by atoms with Gasteiger partial charge in [-0.3, -0.25) is 0 Å². The van der Waals surface area contributed by atoms with Crippen molar-refractivity contribution < 1.29 is 17.9 Å². The van der Waals surface area contributed by atoms with Gasteiger partial charge >= 0.3 is 6.18 Å². The third kappa shape index (κ3) is 2.63. The van der Waals surface area contributed by atoms with Crippen LogP contribution in [0.15, 0.2) is 18.2 Å². The fourth-order valence-electron chi connectivity index (χ4n) is 1.53. The van der Waals surface area contributed by atoms with Crippen molar-refractivity contribution in [2.75, 3.05) is 18.5 Å². The standard InChI is InChI=1S/C10H11F3N2O/c11-10(12,13)8-2-1-3-9(15-8)14-7-4-5-16-6-7/h1-3,7H,4-6H2,(H,14,15). The second-order valence-electron chi connectivity index (χ2n) is 3.61. The molecule has 1 fully saturated rings. The number of alkyl halides is 3. The number of halogens is 3. The molecule has 6 heteroatoms. The first-order valence-corrected chi connectivity index (χ1v) is 4.94. The first-order chi connectivity index (χ1) is 7.55. The van der Waals surface area contributed by atoms with Gasteiger partial charge in [0.2, 0.25) is 0 Å². The van der Waals surface area contributed by atoms with Crippen LogP contribution in [-0.2, 0) is 10.9 Å². The van der Waals surface area contributed by atoms with E-state index in [-0.39, 0.29) is 11.9 Å². The molecule has 0 radical (unpaired) electrons. The highest BCUT2D eigenvalue weighted by atomic mass is 19.4. The van der Waals surface area contributed by atoms with Crippen molar-refractivity contribution in [2.24, 2.45) is 0 Å². The highest BCUT2D eigenvalue weighted by Gasteiger charge is 2.32. The summed E-state index contributed by atoms with van der Waals surface area (Å²) in [5, 5.41) is 2.92. The van der Waals surface area contributed by atoms with E-state index < -0.39 is 11.9 Å². The third-order valence-electron chi connectivity index (χ3n) is 2.32. The number of ether oxygens (including phenoxy) is 1. The number of nitrogens with one attached hydrogen (secondary N) is 1. The van der Waals surface area contributed by atoms with Crippen LogP contribution in [0.5, 0.6) is 0 Å². The fraction of sp³-hybridized carbons (Fsp3) is 0.500. The highest BCUT2D eigenvalue weighted by Crippen LogP contribution is 2.28. The smallest absolute Gasteiger partial charge is 0.379 e. The summed E-state index contributed by atoms with van der Waals surface area (Å²) in [6.45, 7) is 1.15. The lowest BCUT2D eigenvalue weighted by Crippen LogP contribution is -2.20. The molecular weight excluding hydrogens is 221 g/mol. The van der Waals surface area contributed by atoms with Gasteiger partial charge in [-0.1, -0.05) is 6.07 Å². The largest absolute Gasteiger partial charge is 0.433 e. The molecule has 1 unspecified atom stereocenters. The Bertz CT molecular complexity index is 361. The van der Waals surface area contributed by atoms with Crippen molar-refractivity contribution in [3.05, 3.63) is 23.9 Å². The Hall–Kier alpha value is -1.30. The predicted molar refractivity (Wildman–Crippen MR) is 52.1 cm³/mol. The molecule has 88 valence electrons. The number of hydrogen-bond donors (Lipinski definition) is 1. The van der Waals surface area contributed by atoms with Crippen molar-refractivity contribution in [2.45, 2.75) is 18.6 Å². The van der Waals surface area contributed by atoms with Crippen molar-refractivity contribution in [1.82, 2.24) is 4.98 Å². The molecule has 1 aliphatic heterocycles. The maximum absolute atomic E-state index is 12.4. The van der Waals surface area contributed by atoms with Crippen LogP contribution in [0.3, 0.4) is 0 Å². The molecule has 3 nitrogen and oxygen atoms in total. The molecule has 1 aromatic heterocycles. The average molecular weight is 232 g/mol. The Balaban J connectivity index is 2.09. The second kappa shape index (κ2) is 4.29. The molecule has 0 bridgehead atoms. The Morgan fingerprint density at radius 1 is 1.38 bits per heavy atom. The van der Waals surface area contributed by atoms with Gasteiger partial charge in [0.1, 0.15) is 11.5 Å². The maximum atomic E-state index is 12.4. The third-order valence-corrected chi connectivity index (χ3v) is 2.32. The monoisotopic (exact) mass is 232 g/mol. The lowest BCUT2D eigenvalue weighted by molar-refractivity contribution is -0.141. The Labute approximate surface area is 90.6 Å². The van der Waals surface area contributed by atoms with Gasteiger partial charge in [0.05, 0.1) is 12.6 Å². The van der Waals surface area contributed by atoms with Crippen molar-refractivity contribution >= 4 is 5.82 Å². The molecule has 2 rings (SSSR count). The zero-order valence-corrected chi connectivity index (χ0v) is 8.42. The predicted octanol–water partition coefficient (Wildman–Crippen LogP) is 2.30. The molecule has 1 N–H and O–H groups in total. The molecule has 1 aliphatic rings. The van der Waals surface area contributed by atoms with E-state index in [1.165, 1.54) is 12.1 Å². The maximum Gasteiger partial charge on any atom is 0.433 e. The molecule has 0 aliphatic carbocycles. The van der Waals surface area contributed by atoms with Crippen LogP contribution in [0.1, 0.15) is 12.1 Å². The summed E-state index contributed by atoms with van der Waals surface area (Å²) in [5.41, 5.74) is -0.878. The first kappa shape index (κ1) is 11.2. The number of anilines is 1. The summed E-state index contributed by atoms with van der Waals surface area (Å²) < 4.78 is 42.2. The zero-order chi connectivity index (χ0) is 11.6. The molecule has 16 heavy (non-hydrogen) atoms. The summed E-state index contributed by atoms with van der Waals surface area (Å²) in [6, 6.07) is 3.87. The van der Waals surface area contributed by atoms with Gasteiger partial charge in [-0.05, 0) is 18.6 Å². The Morgan fingerprint density at radius 2 is 2.19 bits per heavy atom.